The molecule has 1 fully saturated rings. The number of piperazine rings is 1. The van der Waals surface area contributed by atoms with Gasteiger partial charge in [-0.2, -0.15) is 4.31 Å². The van der Waals surface area contributed by atoms with Crippen LogP contribution in [0.25, 0.3) is 0 Å². The van der Waals surface area contributed by atoms with Gasteiger partial charge in [0.15, 0.2) is 0 Å². The van der Waals surface area contributed by atoms with Gasteiger partial charge in [-0.1, -0.05) is 12.1 Å². The van der Waals surface area contributed by atoms with E-state index >= 15 is 0 Å². The van der Waals surface area contributed by atoms with Crippen molar-refractivity contribution in [3.63, 3.8) is 0 Å². The van der Waals surface area contributed by atoms with Gasteiger partial charge in [0.05, 0.1) is 18.4 Å². The van der Waals surface area contributed by atoms with Crippen LogP contribution in [0.15, 0.2) is 29.2 Å². The Hall–Kier alpha value is -1.44. The van der Waals surface area contributed by atoms with E-state index in [2.05, 4.69) is 9.64 Å². The second-order valence-corrected chi connectivity index (χ2v) is 7.04. The molecule has 2 rings (SSSR count). The second-order valence-electron chi connectivity index (χ2n) is 5.10. The van der Waals surface area contributed by atoms with E-state index in [1.807, 2.05) is 7.05 Å². The number of esters is 1. The predicted octanol–water partition coefficient (Wildman–Crippen LogP) is 0.338. The molecule has 0 radical (unpaired) electrons. The summed E-state index contributed by atoms with van der Waals surface area (Å²) in [5.41, 5.74) is 0.735. The summed E-state index contributed by atoms with van der Waals surface area (Å²) < 4.78 is 31.1. The van der Waals surface area contributed by atoms with Crippen LogP contribution in [0, 0.1) is 0 Å². The van der Waals surface area contributed by atoms with Crippen molar-refractivity contribution in [2.24, 2.45) is 0 Å². The fourth-order valence-corrected chi connectivity index (χ4v) is 3.62. The van der Waals surface area contributed by atoms with Gasteiger partial charge in [0.1, 0.15) is 0 Å². The van der Waals surface area contributed by atoms with Gasteiger partial charge in [0.25, 0.3) is 0 Å². The van der Waals surface area contributed by atoms with Crippen LogP contribution in [0.2, 0.25) is 0 Å². The molecule has 0 aliphatic carbocycles. The number of likely N-dealkylation sites (N-methyl/N-ethyl adjacent to an activating group) is 1. The van der Waals surface area contributed by atoms with Crippen LogP contribution in [0.3, 0.4) is 0 Å². The van der Waals surface area contributed by atoms with Crippen molar-refractivity contribution in [1.82, 2.24) is 9.21 Å². The van der Waals surface area contributed by atoms with Crippen molar-refractivity contribution >= 4 is 16.0 Å². The Morgan fingerprint density at radius 1 is 1.14 bits per heavy atom. The van der Waals surface area contributed by atoms with Crippen LogP contribution in [0.5, 0.6) is 0 Å². The molecule has 0 N–H and O–H groups in total. The first-order valence-electron chi connectivity index (χ1n) is 6.78. The van der Waals surface area contributed by atoms with Crippen molar-refractivity contribution in [2.45, 2.75) is 11.3 Å². The monoisotopic (exact) mass is 312 g/mol. The third-order valence-corrected chi connectivity index (χ3v) is 5.51. The predicted molar refractivity (Wildman–Crippen MR) is 78.4 cm³/mol. The normalized spacial score (nSPS) is 17.6. The lowest BCUT2D eigenvalue weighted by atomic mass is 10.2. The minimum absolute atomic E-state index is 0.144. The third-order valence-electron chi connectivity index (χ3n) is 3.60. The summed E-state index contributed by atoms with van der Waals surface area (Å²) in [4.78, 5) is 13.6. The lowest BCUT2D eigenvalue weighted by molar-refractivity contribution is -0.139. The molecule has 0 atom stereocenters. The standard InChI is InChI=1S/C14H20N2O4S/c1-15-7-9-16(10-8-15)21(18,19)13-5-3-12(4-6-13)11-14(17)20-2/h3-6H,7-11H2,1-2H3. The van der Waals surface area contributed by atoms with E-state index in [0.29, 0.717) is 13.1 Å². The molecule has 0 unspecified atom stereocenters. The number of hydrogen-bond acceptors (Lipinski definition) is 5. The number of carbonyl (C=O) groups excluding carboxylic acids is 1. The van der Waals surface area contributed by atoms with E-state index in [1.165, 1.54) is 11.4 Å². The number of rotatable bonds is 4. The molecule has 1 aliphatic heterocycles. The minimum Gasteiger partial charge on any atom is -0.469 e. The molecule has 0 amide bonds. The van der Waals surface area contributed by atoms with Crippen molar-refractivity contribution in [3.8, 4) is 0 Å². The van der Waals surface area contributed by atoms with Crippen LogP contribution in [0.4, 0.5) is 0 Å². The molecule has 0 bridgehead atoms. The average Bonchev–Trinajstić information content (AvgIpc) is 2.48. The highest BCUT2D eigenvalue weighted by Gasteiger charge is 2.27. The van der Waals surface area contributed by atoms with E-state index in [-0.39, 0.29) is 17.3 Å². The molecule has 1 aromatic carbocycles. The summed E-state index contributed by atoms with van der Waals surface area (Å²) in [6.45, 7) is 2.48. The number of sulfonamides is 1. The molecule has 0 aromatic heterocycles. The van der Waals surface area contributed by atoms with E-state index in [1.54, 1.807) is 24.3 Å². The zero-order chi connectivity index (χ0) is 15.5. The third kappa shape index (κ3) is 3.81. The van der Waals surface area contributed by atoms with Crippen LogP contribution >= 0.6 is 0 Å². The Labute approximate surface area is 125 Å². The molecule has 0 spiro atoms. The number of carbonyl (C=O) groups is 1. The first-order valence-corrected chi connectivity index (χ1v) is 8.22. The summed E-state index contributed by atoms with van der Waals surface area (Å²) in [5.74, 6) is -0.343. The summed E-state index contributed by atoms with van der Waals surface area (Å²) in [5, 5.41) is 0. The van der Waals surface area contributed by atoms with E-state index in [0.717, 1.165) is 18.7 Å². The molecular formula is C14H20N2O4S. The van der Waals surface area contributed by atoms with Crippen molar-refractivity contribution in [3.05, 3.63) is 29.8 Å². The van der Waals surface area contributed by atoms with Crippen LogP contribution in [0.1, 0.15) is 5.56 Å². The number of methoxy groups -OCH3 is 1. The van der Waals surface area contributed by atoms with Crippen molar-refractivity contribution < 1.29 is 17.9 Å². The van der Waals surface area contributed by atoms with Gasteiger partial charge in [-0.3, -0.25) is 4.79 Å². The Kier molecular flexibility index (Phi) is 4.97. The van der Waals surface area contributed by atoms with Crippen LogP contribution in [-0.4, -0.2) is 63.9 Å². The topological polar surface area (TPSA) is 66.9 Å². The Morgan fingerprint density at radius 3 is 2.24 bits per heavy atom. The lowest BCUT2D eigenvalue weighted by Gasteiger charge is -2.31. The Balaban J connectivity index is 2.12. The van der Waals surface area contributed by atoms with Gasteiger partial charge in [-0.15, -0.1) is 0 Å². The van der Waals surface area contributed by atoms with Crippen LogP contribution < -0.4 is 0 Å². The molecule has 6 nitrogen and oxygen atoms in total. The zero-order valence-electron chi connectivity index (χ0n) is 12.3. The quantitative estimate of drug-likeness (QED) is 0.750. The van der Waals surface area contributed by atoms with Gasteiger partial charge in [0, 0.05) is 26.2 Å². The fraction of sp³-hybridized carbons (Fsp3) is 0.500. The van der Waals surface area contributed by atoms with Gasteiger partial charge < -0.3 is 9.64 Å². The first-order chi connectivity index (χ1) is 9.93. The maximum absolute atomic E-state index is 12.5. The second kappa shape index (κ2) is 6.55. The molecule has 7 heteroatoms. The molecule has 116 valence electrons. The number of benzene rings is 1. The molecule has 1 aromatic rings. The summed E-state index contributed by atoms with van der Waals surface area (Å²) in [7, 11) is -0.140. The highest BCUT2D eigenvalue weighted by molar-refractivity contribution is 7.89. The molecule has 21 heavy (non-hydrogen) atoms. The van der Waals surface area contributed by atoms with E-state index in [9.17, 15) is 13.2 Å². The summed E-state index contributed by atoms with van der Waals surface area (Å²) >= 11 is 0. The van der Waals surface area contributed by atoms with Gasteiger partial charge in [0.2, 0.25) is 10.0 Å². The van der Waals surface area contributed by atoms with Gasteiger partial charge in [-0.05, 0) is 24.7 Å². The number of ether oxygens (including phenoxy) is 1. The molecule has 1 heterocycles. The maximum Gasteiger partial charge on any atom is 0.309 e. The molecule has 1 saturated heterocycles. The molecule has 1 aliphatic rings. The van der Waals surface area contributed by atoms with Gasteiger partial charge in [-0.25, -0.2) is 8.42 Å². The van der Waals surface area contributed by atoms with Crippen molar-refractivity contribution in [1.29, 1.82) is 0 Å². The Morgan fingerprint density at radius 2 is 1.71 bits per heavy atom. The molecular weight excluding hydrogens is 292 g/mol. The first kappa shape index (κ1) is 15.9. The van der Waals surface area contributed by atoms with Gasteiger partial charge >= 0.3 is 5.97 Å². The largest absolute Gasteiger partial charge is 0.469 e. The van der Waals surface area contributed by atoms with E-state index in [4.69, 9.17) is 0 Å². The number of hydrogen-bond donors (Lipinski definition) is 0. The highest BCUT2D eigenvalue weighted by atomic mass is 32.2. The number of nitrogens with zero attached hydrogens (tertiary/aromatic N) is 2. The minimum atomic E-state index is -3.45. The summed E-state index contributed by atoms with van der Waals surface area (Å²) in [6.07, 6.45) is 0.144. The summed E-state index contributed by atoms with van der Waals surface area (Å²) in [6, 6.07) is 6.40. The average molecular weight is 312 g/mol. The fourth-order valence-electron chi connectivity index (χ4n) is 2.20. The SMILES string of the molecule is COC(=O)Cc1ccc(S(=O)(=O)N2CCN(C)CC2)cc1. The smallest absolute Gasteiger partial charge is 0.309 e. The van der Waals surface area contributed by atoms with Crippen LogP contribution in [-0.2, 0) is 26.0 Å². The van der Waals surface area contributed by atoms with E-state index < -0.39 is 10.0 Å². The highest BCUT2D eigenvalue weighted by Crippen LogP contribution is 2.18. The lowest BCUT2D eigenvalue weighted by Crippen LogP contribution is -2.46. The maximum atomic E-state index is 12.5. The Bertz CT molecular complexity index is 590. The zero-order valence-corrected chi connectivity index (χ0v) is 13.1. The molecule has 0 saturated carbocycles. The van der Waals surface area contributed by atoms with Crippen molar-refractivity contribution in [2.75, 3.05) is 40.3 Å².